The summed E-state index contributed by atoms with van der Waals surface area (Å²) in [7, 11) is 0. The Morgan fingerprint density at radius 3 is 3.19 bits per heavy atom. The van der Waals surface area contributed by atoms with Crippen LogP contribution < -0.4 is 10.6 Å². The molecule has 2 atom stereocenters. The minimum Gasteiger partial charge on any atom is -0.380 e. The molecular weight excluding hydrogens is 204 g/mol. The van der Waals surface area contributed by atoms with Crippen LogP contribution in [0.25, 0.3) is 0 Å². The van der Waals surface area contributed by atoms with E-state index in [9.17, 15) is 4.79 Å². The first-order chi connectivity index (χ1) is 7.62. The van der Waals surface area contributed by atoms with E-state index in [-0.39, 0.29) is 11.3 Å². The third-order valence-corrected chi connectivity index (χ3v) is 3.67. The molecular formula is C12H22N2O2. The first-order valence-electron chi connectivity index (χ1n) is 6.17. The van der Waals surface area contributed by atoms with Gasteiger partial charge < -0.3 is 15.4 Å². The predicted octanol–water partition coefficient (Wildman–Crippen LogP) is 0.385. The highest BCUT2D eigenvalue weighted by atomic mass is 16.5. The molecule has 0 aromatic rings. The van der Waals surface area contributed by atoms with E-state index in [2.05, 4.69) is 24.5 Å². The van der Waals surface area contributed by atoms with Crippen molar-refractivity contribution in [1.29, 1.82) is 0 Å². The third-order valence-electron chi connectivity index (χ3n) is 3.67. The Morgan fingerprint density at radius 2 is 2.44 bits per heavy atom. The van der Waals surface area contributed by atoms with Crippen molar-refractivity contribution in [2.75, 3.05) is 32.8 Å². The maximum Gasteiger partial charge on any atom is 0.220 e. The summed E-state index contributed by atoms with van der Waals surface area (Å²) in [5.41, 5.74) is 0.159. The Bertz CT molecular complexity index is 256. The van der Waals surface area contributed by atoms with Crippen molar-refractivity contribution in [3.8, 4) is 0 Å². The lowest BCUT2D eigenvalue weighted by molar-refractivity contribution is -0.122. The molecule has 0 aliphatic carbocycles. The van der Waals surface area contributed by atoms with Gasteiger partial charge in [0.25, 0.3) is 0 Å². The van der Waals surface area contributed by atoms with Crippen molar-refractivity contribution in [2.24, 2.45) is 17.3 Å². The molecule has 0 spiro atoms. The SMILES string of the molecule is CC(C)CC(=O)NC[C@@]12CNC[C@@H]1COC2. The van der Waals surface area contributed by atoms with Crippen LogP contribution in [0.4, 0.5) is 0 Å². The van der Waals surface area contributed by atoms with Gasteiger partial charge in [-0.15, -0.1) is 0 Å². The lowest BCUT2D eigenvalue weighted by atomic mass is 9.81. The van der Waals surface area contributed by atoms with Gasteiger partial charge in [-0.3, -0.25) is 4.79 Å². The average molecular weight is 226 g/mol. The summed E-state index contributed by atoms with van der Waals surface area (Å²) in [5.74, 6) is 1.17. The molecule has 0 bridgehead atoms. The minimum atomic E-state index is 0.159. The van der Waals surface area contributed by atoms with Crippen LogP contribution in [0.15, 0.2) is 0 Å². The van der Waals surface area contributed by atoms with Gasteiger partial charge in [-0.2, -0.15) is 0 Å². The molecule has 2 heterocycles. The maximum absolute atomic E-state index is 11.6. The zero-order valence-electron chi connectivity index (χ0n) is 10.2. The van der Waals surface area contributed by atoms with E-state index in [1.807, 2.05) is 0 Å². The van der Waals surface area contributed by atoms with E-state index in [1.54, 1.807) is 0 Å². The molecule has 0 aromatic carbocycles. The molecule has 0 radical (unpaired) electrons. The molecule has 1 amide bonds. The van der Waals surface area contributed by atoms with E-state index in [0.29, 0.717) is 18.3 Å². The van der Waals surface area contributed by atoms with Crippen LogP contribution in [0.1, 0.15) is 20.3 Å². The highest BCUT2D eigenvalue weighted by Crippen LogP contribution is 2.36. The number of amides is 1. The van der Waals surface area contributed by atoms with Gasteiger partial charge in [0, 0.05) is 37.4 Å². The van der Waals surface area contributed by atoms with Crippen molar-refractivity contribution in [2.45, 2.75) is 20.3 Å². The maximum atomic E-state index is 11.6. The number of ether oxygens (including phenoxy) is 1. The number of hydrogen-bond donors (Lipinski definition) is 2. The number of carbonyl (C=O) groups excluding carboxylic acids is 1. The molecule has 2 rings (SSSR count). The van der Waals surface area contributed by atoms with E-state index in [4.69, 9.17) is 4.74 Å². The van der Waals surface area contributed by atoms with E-state index in [1.165, 1.54) is 0 Å². The van der Waals surface area contributed by atoms with Crippen LogP contribution in [0.3, 0.4) is 0 Å². The fraction of sp³-hybridized carbons (Fsp3) is 0.917. The molecule has 2 saturated heterocycles. The highest BCUT2D eigenvalue weighted by molar-refractivity contribution is 5.76. The van der Waals surface area contributed by atoms with Gasteiger partial charge in [0.15, 0.2) is 0 Å². The summed E-state index contributed by atoms with van der Waals surface area (Å²) in [6.07, 6.45) is 0.620. The Morgan fingerprint density at radius 1 is 1.62 bits per heavy atom. The number of hydrogen-bond acceptors (Lipinski definition) is 3. The highest BCUT2D eigenvalue weighted by Gasteiger charge is 2.47. The molecule has 0 saturated carbocycles. The number of fused-ring (bicyclic) bond motifs is 1. The van der Waals surface area contributed by atoms with Crippen LogP contribution in [-0.4, -0.2) is 38.8 Å². The molecule has 16 heavy (non-hydrogen) atoms. The normalized spacial score (nSPS) is 33.1. The summed E-state index contributed by atoms with van der Waals surface area (Å²) >= 11 is 0. The van der Waals surface area contributed by atoms with Crippen LogP contribution in [-0.2, 0) is 9.53 Å². The Kier molecular flexibility index (Phi) is 3.50. The molecule has 4 nitrogen and oxygen atoms in total. The molecule has 2 fully saturated rings. The third kappa shape index (κ3) is 2.38. The number of nitrogens with one attached hydrogen (secondary N) is 2. The molecule has 2 aliphatic heterocycles. The number of rotatable bonds is 4. The van der Waals surface area contributed by atoms with Gasteiger partial charge in [0.05, 0.1) is 13.2 Å². The lowest BCUT2D eigenvalue weighted by Crippen LogP contribution is -2.43. The second-order valence-corrected chi connectivity index (χ2v) is 5.58. The smallest absolute Gasteiger partial charge is 0.220 e. The van der Waals surface area contributed by atoms with Gasteiger partial charge in [-0.25, -0.2) is 0 Å². The zero-order valence-corrected chi connectivity index (χ0v) is 10.2. The van der Waals surface area contributed by atoms with Gasteiger partial charge in [-0.05, 0) is 5.92 Å². The monoisotopic (exact) mass is 226 g/mol. The fourth-order valence-electron chi connectivity index (χ4n) is 2.64. The predicted molar refractivity (Wildman–Crippen MR) is 62.1 cm³/mol. The second-order valence-electron chi connectivity index (χ2n) is 5.58. The first kappa shape index (κ1) is 11.9. The van der Waals surface area contributed by atoms with Crippen molar-refractivity contribution in [1.82, 2.24) is 10.6 Å². The first-order valence-corrected chi connectivity index (χ1v) is 6.17. The average Bonchev–Trinajstić information content (AvgIpc) is 2.71. The summed E-state index contributed by atoms with van der Waals surface area (Å²) < 4.78 is 5.54. The van der Waals surface area contributed by atoms with Crippen molar-refractivity contribution >= 4 is 5.91 Å². The molecule has 0 aromatic heterocycles. The molecule has 92 valence electrons. The van der Waals surface area contributed by atoms with E-state index in [0.717, 1.165) is 32.8 Å². The lowest BCUT2D eigenvalue weighted by Gasteiger charge is -2.26. The largest absolute Gasteiger partial charge is 0.380 e. The Hall–Kier alpha value is -0.610. The topological polar surface area (TPSA) is 50.4 Å². The van der Waals surface area contributed by atoms with Gasteiger partial charge in [0.2, 0.25) is 5.91 Å². The summed E-state index contributed by atoms with van der Waals surface area (Å²) in [5, 5.41) is 6.46. The minimum absolute atomic E-state index is 0.159. The molecule has 4 heteroatoms. The summed E-state index contributed by atoms with van der Waals surface area (Å²) in [6, 6.07) is 0. The van der Waals surface area contributed by atoms with Gasteiger partial charge >= 0.3 is 0 Å². The summed E-state index contributed by atoms with van der Waals surface area (Å²) in [6.45, 7) is 8.52. The standard InChI is InChI=1S/C12H22N2O2/c1-9(2)3-11(15)14-7-12-6-13-4-10(12)5-16-8-12/h9-10,13H,3-8H2,1-2H3,(H,14,15)/t10-,12-/m1/s1. The molecule has 0 unspecified atom stereocenters. The van der Waals surface area contributed by atoms with Gasteiger partial charge in [0.1, 0.15) is 0 Å². The molecule has 2 N–H and O–H groups in total. The van der Waals surface area contributed by atoms with Crippen LogP contribution in [0, 0.1) is 17.3 Å². The van der Waals surface area contributed by atoms with Crippen molar-refractivity contribution < 1.29 is 9.53 Å². The van der Waals surface area contributed by atoms with Crippen LogP contribution in [0.2, 0.25) is 0 Å². The van der Waals surface area contributed by atoms with Crippen LogP contribution in [0.5, 0.6) is 0 Å². The number of carbonyl (C=O) groups is 1. The second kappa shape index (κ2) is 4.72. The van der Waals surface area contributed by atoms with E-state index < -0.39 is 0 Å². The molecule has 2 aliphatic rings. The Balaban J connectivity index is 1.82. The summed E-state index contributed by atoms with van der Waals surface area (Å²) in [4.78, 5) is 11.6. The fourth-order valence-corrected chi connectivity index (χ4v) is 2.64. The Labute approximate surface area is 97.1 Å². The zero-order chi connectivity index (χ0) is 11.6. The van der Waals surface area contributed by atoms with Gasteiger partial charge in [-0.1, -0.05) is 13.8 Å². The quantitative estimate of drug-likeness (QED) is 0.729. The van der Waals surface area contributed by atoms with Crippen molar-refractivity contribution in [3.63, 3.8) is 0 Å². The van der Waals surface area contributed by atoms with Crippen molar-refractivity contribution in [3.05, 3.63) is 0 Å². The van der Waals surface area contributed by atoms with E-state index >= 15 is 0 Å². The van der Waals surface area contributed by atoms with Crippen LogP contribution >= 0.6 is 0 Å².